The molecule has 25 heavy (non-hydrogen) atoms. The van der Waals surface area contributed by atoms with E-state index in [1.54, 1.807) is 20.8 Å². The Morgan fingerprint density at radius 1 is 1.24 bits per heavy atom. The van der Waals surface area contributed by atoms with Crippen molar-refractivity contribution >= 4 is 40.2 Å². The van der Waals surface area contributed by atoms with E-state index in [1.165, 1.54) is 4.68 Å². The number of rotatable bonds is 7. The second-order valence-corrected chi connectivity index (χ2v) is 6.54. The first kappa shape index (κ1) is 19.2. The molecule has 0 unspecified atom stereocenters. The van der Waals surface area contributed by atoms with Crippen molar-refractivity contribution in [3.63, 3.8) is 0 Å². The number of hydrogen-bond acceptors (Lipinski definition) is 5. The molecule has 8 heteroatoms. The van der Waals surface area contributed by atoms with E-state index in [-0.39, 0.29) is 25.0 Å². The van der Waals surface area contributed by atoms with Gasteiger partial charge >= 0.3 is 5.97 Å². The Morgan fingerprint density at radius 3 is 2.56 bits per heavy atom. The molecular formula is C17H20IN3O4. The van der Waals surface area contributed by atoms with E-state index >= 15 is 0 Å². The summed E-state index contributed by atoms with van der Waals surface area (Å²) in [5, 5.41) is 7.06. The van der Waals surface area contributed by atoms with E-state index in [9.17, 15) is 9.59 Å². The van der Waals surface area contributed by atoms with Gasteiger partial charge in [-0.3, -0.25) is 14.3 Å². The summed E-state index contributed by atoms with van der Waals surface area (Å²) < 4.78 is 13.0. The van der Waals surface area contributed by atoms with Gasteiger partial charge in [-0.05, 0) is 67.6 Å². The van der Waals surface area contributed by atoms with E-state index in [1.807, 2.05) is 24.3 Å². The van der Waals surface area contributed by atoms with Crippen LogP contribution in [0.5, 0.6) is 5.75 Å². The van der Waals surface area contributed by atoms with E-state index in [2.05, 4.69) is 33.0 Å². The minimum Gasteiger partial charge on any atom is -0.484 e. The third kappa shape index (κ3) is 5.45. The predicted octanol–water partition coefficient (Wildman–Crippen LogP) is 2.69. The summed E-state index contributed by atoms with van der Waals surface area (Å²) in [6.07, 6.45) is 0. The monoisotopic (exact) mass is 457 g/mol. The minimum atomic E-state index is -0.368. The van der Waals surface area contributed by atoms with Crippen LogP contribution in [0.25, 0.3) is 0 Å². The molecule has 1 heterocycles. The average molecular weight is 457 g/mol. The molecule has 0 atom stereocenters. The lowest BCUT2D eigenvalue weighted by atomic mass is 10.3. The van der Waals surface area contributed by atoms with Gasteiger partial charge in [0, 0.05) is 3.57 Å². The number of aryl methyl sites for hydroxylation is 1. The summed E-state index contributed by atoms with van der Waals surface area (Å²) in [7, 11) is 0. The molecule has 134 valence electrons. The fourth-order valence-corrected chi connectivity index (χ4v) is 2.58. The number of nitrogens with one attached hydrogen (secondary N) is 1. The van der Waals surface area contributed by atoms with Crippen LogP contribution in [0.15, 0.2) is 24.3 Å². The number of hydrogen-bond donors (Lipinski definition) is 1. The number of carbonyl (C=O) groups is 2. The molecule has 1 aromatic carbocycles. The highest BCUT2D eigenvalue weighted by Crippen LogP contribution is 2.20. The normalized spacial score (nSPS) is 10.4. The van der Waals surface area contributed by atoms with Crippen LogP contribution in [0.3, 0.4) is 0 Å². The Bertz CT molecular complexity index is 756. The van der Waals surface area contributed by atoms with Gasteiger partial charge in [-0.15, -0.1) is 0 Å². The number of amides is 1. The zero-order valence-corrected chi connectivity index (χ0v) is 16.5. The smallest absolute Gasteiger partial charge is 0.327 e. The van der Waals surface area contributed by atoms with Crippen LogP contribution in [0.2, 0.25) is 0 Å². The van der Waals surface area contributed by atoms with Crippen molar-refractivity contribution in [1.29, 1.82) is 0 Å². The first-order valence-corrected chi connectivity index (χ1v) is 8.86. The Hall–Kier alpha value is -2.10. The van der Waals surface area contributed by atoms with E-state index in [0.717, 1.165) is 3.57 Å². The van der Waals surface area contributed by atoms with E-state index in [4.69, 9.17) is 9.47 Å². The maximum absolute atomic E-state index is 12.1. The van der Waals surface area contributed by atoms with Crippen molar-refractivity contribution in [3.8, 4) is 5.75 Å². The lowest BCUT2D eigenvalue weighted by Gasteiger charge is -2.08. The molecular weight excluding hydrogens is 437 g/mol. The standard InChI is InChI=1S/C17H20IN3O4/c1-4-24-16(23)9-21-12(3)17(11(2)20-21)19-15(22)10-25-14-7-5-13(18)6-8-14/h5-8H,4,9-10H2,1-3H3,(H,19,22). The largest absolute Gasteiger partial charge is 0.484 e. The molecule has 7 nitrogen and oxygen atoms in total. The third-order valence-electron chi connectivity index (χ3n) is 3.41. The Kier molecular flexibility index (Phi) is 6.80. The second kappa shape index (κ2) is 8.84. The van der Waals surface area contributed by atoms with Gasteiger partial charge in [0.25, 0.3) is 5.91 Å². The number of carbonyl (C=O) groups excluding carboxylic acids is 2. The van der Waals surface area contributed by atoms with Crippen molar-refractivity contribution < 1.29 is 19.1 Å². The topological polar surface area (TPSA) is 82.5 Å². The van der Waals surface area contributed by atoms with Crippen molar-refractivity contribution in [1.82, 2.24) is 9.78 Å². The Balaban J connectivity index is 1.97. The van der Waals surface area contributed by atoms with Crippen molar-refractivity contribution in [2.24, 2.45) is 0 Å². The number of esters is 1. The first-order chi connectivity index (χ1) is 11.9. The molecule has 1 N–H and O–H groups in total. The third-order valence-corrected chi connectivity index (χ3v) is 4.13. The van der Waals surface area contributed by atoms with Gasteiger partial charge in [-0.25, -0.2) is 0 Å². The number of aromatic nitrogens is 2. The Labute approximate surface area is 159 Å². The quantitative estimate of drug-likeness (QED) is 0.511. The molecule has 1 amide bonds. The maximum Gasteiger partial charge on any atom is 0.327 e. The molecule has 0 spiro atoms. The molecule has 0 saturated heterocycles. The predicted molar refractivity (Wildman–Crippen MR) is 102 cm³/mol. The summed E-state index contributed by atoms with van der Waals surface area (Å²) in [6.45, 7) is 5.52. The molecule has 0 aliphatic carbocycles. The zero-order valence-electron chi connectivity index (χ0n) is 14.3. The lowest BCUT2D eigenvalue weighted by Crippen LogP contribution is -2.21. The van der Waals surface area contributed by atoms with E-state index < -0.39 is 0 Å². The zero-order chi connectivity index (χ0) is 18.4. The summed E-state index contributed by atoms with van der Waals surface area (Å²) in [6, 6.07) is 7.43. The summed E-state index contributed by atoms with van der Waals surface area (Å²) >= 11 is 2.20. The van der Waals surface area contributed by atoms with Crippen LogP contribution in [-0.4, -0.2) is 34.9 Å². The molecule has 2 rings (SSSR count). The maximum atomic E-state index is 12.1. The number of halogens is 1. The van der Waals surface area contributed by atoms with Gasteiger partial charge < -0.3 is 14.8 Å². The highest BCUT2D eigenvalue weighted by molar-refractivity contribution is 14.1. The van der Waals surface area contributed by atoms with Gasteiger partial charge in [0.1, 0.15) is 12.3 Å². The van der Waals surface area contributed by atoms with Gasteiger partial charge in [-0.2, -0.15) is 5.10 Å². The second-order valence-electron chi connectivity index (χ2n) is 5.30. The lowest BCUT2D eigenvalue weighted by molar-refractivity contribution is -0.144. The van der Waals surface area contributed by atoms with Gasteiger partial charge in [0.05, 0.1) is 23.7 Å². The van der Waals surface area contributed by atoms with Crippen molar-refractivity contribution in [3.05, 3.63) is 39.2 Å². The van der Waals surface area contributed by atoms with Crippen LogP contribution >= 0.6 is 22.6 Å². The minimum absolute atomic E-state index is 0.00946. The fourth-order valence-electron chi connectivity index (χ4n) is 2.22. The van der Waals surface area contributed by atoms with Crippen molar-refractivity contribution in [2.75, 3.05) is 18.5 Å². The number of ether oxygens (including phenoxy) is 2. The molecule has 0 saturated carbocycles. The SMILES string of the molecule is CCOC(=O)Cn1nc(C)c(NC(=O)COc2ccc(I)cc2)c1C. The molecule has 0 radical (unpaired) electrons. The summed E-state index contributed by atoms with van der Waals surface area (Å²) in [5.74, 6) is -0.0320. The summed E-state index contributed by atoms with van der Waals surface area (Å²) in [4.78, 5) is 23.7. The Morgan fingerprint density at radius 2 is 1.92 bits per heavy atom. The van der Waals surface area contributed by atoms with Gasteiger partial charge in [-0.1, -0.05) is 0 Å². The summed E-state index contributed by atoms with van der Waals surface area (Å²) in [5.41, 5.74) is 1.90. The number of anilines is 1. The van der Waals surface area contributed by atoms with Gasteiger partial charge in [0.15, 0.2) is 6.61 Å². The van der Waals surface area contributed by atoms with Crippen molar-refractivity contribution in [2.45, 2.75) is 27.3 Å². The molecule has 1 aromatic heterocycles. The van der Waals surface area contributed by atoms with Gasteiger partial charge in [0.2, 0.25) is 0 Å². The first-order valence-electron chi connectivity index (χ1n) is 7.78. The van der Waals surface area contributed by atoms with Crippen LogP contribution in [-0.2, 0) is 20.9 Å². The fraction of sp³-hybridized carbons (Fsp3) is 0.353. The van der Waals surface area contributed by atoms with E-state index in [0.29, 0.717) is 29.4 Å². The van der Waals surface area contributed by atoms with Crippen LogP contribution in [0, 0.1) is 17.4 Å². The number of benzene rings is 1. The molecule has 0 fully saturated rings. The average Bonchev–Trinajstić information content (AvgIpc) is 2.82. The number of nitrogens with zero attached hydrogens (tertiary/aromatic N) is 2. The van der Waals surface area contributed by atoms with Crippen LogP contribution in [0.1, 0.15) is 18.3 Å². The van der Waals surface area contributed by atoms with Crippen LogP contribution in [0.4, 0.5) is 5.69 Å². The molecule has 0 aliphatic rings. The molecule has 2 aromatic rings. The molecule has 0 aliphatic heterocycles. The highest BCUT2D eigenvalue weighted by atomic mass is 127. The highest BCUT2D eigenvalue weighted by Gasteiger charge is 2.16. The molecule has 0 bridgehead atoms. The van der Waals surface area contributed by atoms with Crippen LogP contribution < -0.4 is 10.1 Å².